The second kappa shape index (κ2) is 4.71. The number of nitrogens with zero attached hydrogens (tertiary/aromatic N) is 3. The highest BCUT2D eigenvalue weighted by molar-refractivity contribution is 5.91. The summed E-state index contributed by atoms with van der Waals surface area (Å²) in [6.45, 7) is 1.59. The lowest BCUT2D eigenvalue weighted by atomic mass is 10.2. The Morgan fingerprint density at radius 1 is 1.47 bits per heavy atom. The topological polar surface area (TPSA) is 96.7 Å². The van der Waals surface area contributed by atoms with Gasteiger partial charge in [-0.2, -0.15) is 18.3 Å². The van der Waals surface area contributed by atoms with Crippen LogP contribution in [-0.2, 0) is 17.4 Å². The highest BCUT2D eigenvalue weighted by atomic mass is 19.4. The van der Waals surface area contributed by atoms with E-state index in [1.54, 1.807) is 12.0 Å². The highest BCUT2D eigenvalue weighted by Crippen LogP contribution is 2.28. The van der Waals surface area contributed by atoms with Crippen molar-refractivity contribution in [3.8, 4) is 0 Å². The molecule has 2 N–H and O–H groups in total. The van der Waals surface area contributed by atoms with Crippen LogP contribution >= 0.6 is 0 Å². The number of alkyl halides is 3. The molecule has 0 unspecified atom stereocenters. The fraction of sp³-hybridized carbons (Fsp3) is 0.333. The van der Waals surface area contributed by atoms with Crippen molar-refractivity contribution in [1.82, 2.24) is 20.5 Å². The van der Waals surface area contributed by atoms with Gasteiger partial charge in [0.15, 0.2) is 5.82 Å². The van der Waals surface area contributed by atoms with Crippen LogP contribution in [0.2, 0.25) is 0 Å². The molecule has 2 aromatic rings. The SMILES string of the molecule is Cc1nonc1CC(=O)Nc1cc(C(F)(F)F)[nH]n1. The Morgan fingerprint density at radius 3 is 2.74 bits per heavy atom. The zero-order valence-corrected chi connectivity index (χ0v) is 9.58. The molecule has 2 heterocycles. The van der Waals surface area contributed by atoms with E-state index in [0.717, 1.165) is 0 Å². The number of amides is 1. The van der Waals surface area contributed by atoms with E-state index in [-0.39, 0.29) is 12.2 Å². The van der Waals surface area contributed by atoms with Gasteiger partial charge in [0, 0.05) is 6.07 Å². The molecule has 0 spiro atoms. The minimum Gasteiger partial charge on any atom is -0.309 e. The summed E-state index contributed by atoms with van der Waals surface area (Å²) in [6.07, 6.45) is -4.70. The first-order chi connectivity index (χ1) is 8.86. The standard InChI is InChI=1S/C9H8F3N5O2/c1-4-5(17-19-16-4)2-8(18)13-7-3-6(14-15-7)9(10,11)12/h3H,2H2,1H3,(H2,13,14,15,18). The monoisotopic (exact) mass is 275 g/mol. The Hall–Kier alpha value is -2.39. The summed E-state index contributed by atoms with van der Waals surface area (Å²) in [5, 5.41) is 14.3. The van der Waals surface area contributed by atoms with Crippen molar-refractivity contribution in [3.63, 3.8) is 0 Å². The molecule has 0 atom stereocenters. The number of aromatic amines is 1. The third kappa shape index (κ3) is 3.09. The molecule has 0 aliphatic rings. The van der Waals surface area contributed by atoms with Crippen LogP contribution < -0.4 is 5.32 Å². The second-order valence-corrected chi connectivity index (χ2v) is 3.69. The van der Waals surface area contributed by atoms with Gasteiger partial charge >= 0.3 is 6.18 Å². The normalized spacial score (nSPS) is 11.6. The number of nitrogens with one attached hydrogen (secondary N) is 2. The quantitative estimate of drug-likeness (QED) is 0.880. The molecule has 0 radical (unpaired) electrons. The molecule has 2 rings (SSSR count). The number of aromatic nitrogens is 4. The molecule has 2 aromatic heterocycles. The second-order valence-electron chi connectivity index (χ2n) is 3.69. The highest BCUT2D eigenvalue weighted by Gasteiger charge is 2.33. The first kappa shape index (κ1) is 13.1. The van der Waals surface area contributed by atoms with Crippen LogP contribution in [-0.4, -0.2) is 26.4 Å². The number of halogens is 3. The molecular formula is C9H8F3N5O2. The maximum atomic E-state index is 12.3. The van der Waals surface area contributed by atoms with Crippen LogP contribution in [0.15, 0.2) is 10.7 Å². The van der Waals surface area contributed by atoms with Crippen LogP contribution in [0.3, 0.4) is 0 Å². The zero-order valence-electron chi connectivity index (χ0n) is 9.58. The van der Waals surface area contributed by atoms with E-state index in [1.807, 2.05) is 0 Å². The predicted octanol–water partition coefficient (Wildman–Crippen LogP) is 1.30. The van der Waals surface area contributed by atoms with E-state index in [4.69, 9.17) is 0 Å². The first-order valence-corrected chi connectivity index (χ1v) is 5.07. The first-order valence-electron chi connectivity index (χ1n) is 5.07. The fourth-order valence-electron chi connectivity index (χ4n) is 1.28. The van der Waals surface area contributed by atoms with Gasteiger partial charge in [-0.05, 0) is 6.92 Å². The van der Waals surface area contributed by atoms with E-state index in [2.05, 4.69) is 25.4 Å². The lowest BCUT2D eigenvalue weighted by molar-refractivity contribution is -0.141. The molecule has 0 aromatic carbocycles. The van der Waals surface area contributed by atoms with Gasteiger partial charge < -0.3 is 5.32 Å². The molecule has 1 amide bonds. The summed E-state index contributed by atoms with van der Waals surface area (Å²) in [4.78, 5) is 11.5. The number of carbonyl (C=O) groups excluding carboxylic acids is 1. The minimum atomic E-state index is -4.54. The summed E-state index contributed by atoms with van der Waals surface area (Å²) in [7, 11) is 0. The van der Waals surface area contributed by atoms with Gasteiger partial charge in [-0.3, -0.25) is 9.89 Å². The Labute approximate surface area is 104 Å². The molecule has 0 saturated carbocycles. The van der Waals surface area contributed by atoms with Crippen LogP contribution in [0.25, 0.3) is 0 Å². The van der Waals surface area contributed by atoms with Crippen LogP contribution in [0, 0.1) is 6.92 Å². The summed E-state index contributed by atoms with van der Waals surface area (Å²) < 4.78 is 41.2. The number of hydrogen-bond donors (Lipinski definition) is 2. The maximum Gasteiger partial charge on any atom is 0.432 e. The van der Waals surface area contributed by atoms with Crippen molar-refractivity contribution in [1.29, 1.82) is 0 Å². The lowest BCUT2D eigenvalue weighted by Gasteiger charge is -2.00. The molecular weight excluding hydrogens is 267 g/mol. The van der Waals surface area contributed by atoms with Crippen LogP contribution in [0.5, 0.6) is 0 Å². The number of hydrogen-bond acceptors (Lipinski definition) is 5. The molecule has 0 fully saturated rings. The van der Waals surface area contributed by atoms with Crippen molar-refractivity contribution in [3.05, 3.63) is 23.1 Å². The summed E-state index contributed by atoms with van der Waals surface area (Å²) in [6, 6.07) is 0.700. The van der Waals surface area contributed by atoms with Gasteiger partial charge in [-0.15, -0.1) is 0 Å². The summed E-state index contributed by atoms with van der Waals surface area (Å²) in [5.41, 5.74) is -0.292. The van der Waals surface area contributed by atoms with Gasteiger partial charge in [0.05, 0.1) is 6.42 Å². The van der Waals surface area contributed by atoms with E-state index in [9.17, 15) is 18.0 Å². The van der Waals surface area contributed by atoms with Crippen LogP contribution in [0.4, 0.5) is 19.0 Å². The number of carbonyl (C=O) groups is 1. The van der Waals surface area contributed by atoms with E-state index in [0.29, 0.717) is 17.5 Å². The van der Waals surface area contributed by atoms with Gasteiger partial charge in [0.25, 0.3) is 0 Å². The van der Waals surface area contributed by atoms with Gasteiger partial charge in [-0.1, -0.05) is 10.3 Å². The Bertz CT molecular complexity index is 589. The van der Waals surface area contributed by atoms with Crippen molar-refractivity contribution in [2.75, 3.05) is 5.32 Å². The van der Waals surface area contributed by atoms with E-state index >= 15 is 0 Å². The smallest absolute Gasteiger partial charge is 0.309 e. The third-order valence-corrected chi connectivity index (χ3v) is 2.23. The molecule has 0 aliphatic carbocycles. The van der Waals surface area contributed by atoms with Crippen molar-refractivity contribution >= 4 is 11.7 Å². The van der Waals surface area contributed by atoms with Crippen molar-refractivity contribution < 1.29 is 22.6 Å². The Kier molecular flexibility index (Phi) is 3.23. The van der Waals surface area contributed by atoms with E-state index < -0.39 is 17.8 Å². The summed E-state index contributed by atoms with van der Waals surface area (Å²) in [5.74, 6) is -0.787. The molecule has 102 valence electrons. The molecule has 19 heavy (non-hydrogen) atoms. The van der Waals surface area contributed by atoms with Gasteiger partial charge in [0.1, 0.15) is 17.1 Å². The number of aryl methyl sites for hydroxylation is 1. The number of anilines is 1. The molecule has 0 saturated heterocycles. The third-order valence-electron chi connectivity index (χ3n) is 2.23. The van der Waals surface area contributed by atoms with Crippen molar-refractivity contribution in [2.24, 2.45) is 0 Å². The van der Waals surface area contributed by atoms with Gasteiger partial charge in [-0.25, -0.2) is 4.63 Å². The average Bonchev–Trinajstić information content (AvgIpc) is 2.88. The van der Waals surface area contributed by atoms with E-state index in [1.165, 1.54) is 0 Å². The molecule has 0 aliphatic heterocycles. The minimum absolute atomic E-state index is 0.163. The fourth-order valence-corrected chi connectivity index (χ4v) is 1.28. The maximum absolute atomic E-state index is 12.3. The predicted molar refractivity (Wildman–Crippen MR) is 55.0 cm³/mol. The average molecular weight is 275 g/mol. The number of rotatable bonds is 3. The van der Waals surface area contributed by atoms with Crippen LogP contribution in [0.1, 0.15) is 17.1 Å². The zero-order chi connectivity index (χ0) is 14.0. The molecule has 7 nitrogen and oxygen atoms in total. The Balaban J connectivity index is 2.00. The molecule has 10 heteroatoms. The molecule has 0 bridgehead atoms. The largest absolute Gasteiger partial charge is 0.432 e. The van der Waals surface area contributed by atoms with Crippen molar-refractivity contribution in [2.45, 2.75) is 19.5 Å². The Morgan fingerprint density at radius 2 is 2.21 bits per heavy atom. The lowest BCUT2D eigenvalue weighted by Crippen LogP contribution is -2.15. The van der Waals surface area contributed by atoms with Gasteiger partial charge in [0.2, 0.25) is 5.91 Å². The number of H-pyrrole nitrogens is 1. The summed E-state index contributed by atoms with van der Waals surface area (Å²) >= 11 is 0.